The summed E-state index contributed by atoms with van der Waals surface area (Å²) in [6.45, 7) is 0.333. The van der Waals surface area contributed by atoms with E-state index < -0.39 is 23.5 Å². The number of alkyl halides is 3. The smallest absolute Gasteiger partial charge is 0.416 e. The largest absolute Gasteiger partial charge is 0.493 e. The molecule has 1 fully saturated rings. The molecule has 1 aliphatic carbocycles. The third-order valence-corrected chi connectivity index (χ3v) is 5.71. The van der Waals surface area contributed by atoms with Gasteiger partial charge in [0, 0.05) is 31.4 Å². The average Bonchev–Trinajstić information content (AvgIpc) is 2.76. The number of methoxy groups -OCH3 is 1. The van der Waals surface area contributed by atoms with Gasteiger partial charge in [-0.1, -0.05) is 0 Å². The second-order valence-electron chi connectivity index (χ2n) is 7.75. The van der Waals surface area contributed by atoms with Crippen LogP contribution in [0.1, 0.15) is 41.6 Å². The molecule has 1 amide bonds. The van der Waals surface area contributed by atoms with Gasteiger partial charge in [-0.25, -0.2) is 9.37 Å². The summed E-state index contributed by atoms with van der Waals surface area (Å²) < 4.78 is 57.4. The molecule has 0 atom stereocenters. The average molecular weight is 439 g/mol. The number of pyridine rings is 1. The Morgan fingerprint density at radius 2 is 1.94 bits per heavy atom. The SMILES string of the molecule is COc1cccnc1N(C)C1CCC(CNC(=O)c2cc(F)cc(C(F)(F)F)c2)CC1. The fraction of sp³-hybridized carbons (Fsp3) is 0.455. The first-order chi connectivity index (χ1) is 14.7. The molecule has 3 rings (SSSR count). The second-order valence-corrected chi connectivity index (χ2v) is 7.75. The number of rotatable bonds is 6. The van der Waals surface area contributed by atoms with E-state index in [2.05, 4.69) is 15.2 Å². The first-order valence-electron chi connectivity index (χ1n) is 10.1. The predicted molar refractivity (Wildman–Crippen MR) is 109 cm³/mol. The van der Waals surface area contributed by atoms with Crippen molar-refractivity contribution in [2.45, 2.75) is 37.9 Å². The summed E-state index contributed by atoms with van der Waals surface area (Å²) in [4.78, 5) is 18.8. The molecule has 1 heterocycles. The summed E-state index contributed by atoms with van der Waals surface area (Å²) in [5.74, 6) is -0.119. The monoisotopic (exact) mass is 439 g/mol. The topological polar surface area (TPSA) is 54.5 Å². The van der Waals surface area contributed by atoms with Gasteiger partial charge in [-0.2, -0.15) is 13.2 Å². The summed E-state index contributed by atoms with van der Waals surface area (Å²) in [6.07, 6.45) is 0.469. The van der Waals surface area contributed by atoms with Crippen LogP contribution in [0.3, 0.4) is 0 Å². The van der Waals surface area contributed by atoms with Crippen LogP contribution in [0.15, 0.2) is 36.5 Å². The molecular weight excluding hydrogens is 414 g/mol. The minimum Gasteiger partial charge on any atom is -0.493 e. The highest BCUT2D eigenvalue weighted by Crippen LogP contribution is 2.33. The van der Waals surface area contributed by atoms with Crippen LogP contribution in [-0.2, 0) is 6.18 Å². The Bertz CT molecular complexity index is 912. The van der Waals surface area contributed by atoms with Crippen molar-refractivity contribution in [3.8, 4) is 5.75 Å². The van der Waals surface area contributed by atoms with Gasteiger partial charge in [-0.15, -0.1) is 0 Å². The third kappa shape index (κ3) is 5.65. The lowest BCUT2D eigenvalue weighted by Crippen LogP contribution is -2.38. The van der Waals surface area contributed by atoms with E-state index in [-0.39, 0.29) is 17.5 Å². The minimum absolute atomic E-state index is 0.204. The van der Waals surface area contributed by atoms with Crippen molar-refractivity contribution in [2.75, 3.05) is 25.6 Å². The first-order valence-corrected chi connectivity index (χ1v) is 10.1. The Morgan fingerprint density at radius 1 is 1.23 bits per heavy atom. The zero-order valence-corrected chi connectivity index (χ0v) is 17.4. The number of anilines is 1. The molecule has 1 aromatic heterocycles. The Kier molecular flexibility index (Phi) is 7.02. The van der Waals surface area contributed by atoms with Gasteiger partial charge in [0.05, 0.1) is 12.7 Å². The van der Waals surface area contributed by atoms with Crippen LogP contribution in [-0.4, -0.2) is 37.6 Å². The van der Waals surface area contributed by atoms with E-state index in [1.54, 1.807) is 13.3 Å². The first kappa shape index (κ1) is 22.8. The van der Waals surface area contributed by atoms with Crippen LogP contribution >= 0.6 is 0 Å². The Morgan fingerprint density at radius 3 is 2.58 bits per heavy atom. The highest BCUT2D eigenvalue weighted by molar-refractivity contribution is 5.94. The molecule has 9 heteroatoms. The van der Waals surface area contributed by atoms with Crippen molar-refractivity contribution in [3.63, 3.8) is 0 Å². The molecule has 0 spiro atoms. The van der Waals surface area contributed by atoms with Gasteiger partial charge in [0.25, 0.3) is 5.91 Å². The number of ether oxygens (including phenoxy) is 1. The van der Waals surface area contributed by atoms with E-state index in [0.29, 0.717) is 24.4 Å². The molecule has 168 valence electrons. The van der Waals surface area contributed by atoms with Crippen LogP contribution in [0, 0.1) is 11.7 Å². The van der Waals surface area contributed by atoms with E-state index in [1.165, 1.54) is 0 Å². The molecule has 0 bridgehead atoms. The van der Waals surface area contributed by atoms with Gasteiger partial charge in [-0.3, -0.25) is 4.79 Å². The fourth-order valence-corrected chi connectivity index (χ4v) is 3.94. The van der Waals surface area contributed by atoms with Crippen LogP contribution in [0.5, 0.6) is 5.75 Å². The lowest BCUT2D eigenvalue weighted by atomic mass is 9.85. The second kappa shape index (κ2) is 9.53. The van der Waals surface area contributed by atoms with Crippen LogP contribution in [0.2, 0.25) is 0 Å². The summed E-state index contributed by atoms with van der Waals surface area (Å²) in [6, 6.07) is 5.81. The van der Waals surface area contributed by atoms with Gasteiger partial charge < -0.3 is 15.0 Å². The van der Waals surface area contributed by atoms with E-state index in [0.717, 1.165) is 37.6 Å². The molecule has 0 aliphatic heterocycles. The minimum atomic E-state index is -4.71. The van der Waals surface area contributed by atoms with Crippen molar-refractivity contribution < 1.29 is 27.1 Å². The Hall–Kier alpha value is -2.84. The molecule has 1 aromatic carbocycles. The number of carbonyl (C=O) groups is 1. The number of carbonyl (C=O) groups excluding carboxylic acids is 1. The normalized spacial score (nSPS) is 19.0. The summed E-state index contributed by atoms with van der Waals surface area (Å²) >= 11 is 0. The highest BCUT2D eigenvalue weighted by Gasteiger charge is 2.32. The lowest BCUT2D eigenvalue weighted by molar-refractivity contribution is -0.137. The molecule has 0 saturated heterocycles. The molecule has 0 unspecified atom stereocenters. The Balaban J connectivity index is 1.54. The zero-order valence-electron chi connectivity index (χ0n) is 17.4. The Labute approximate surface area is 178 Å². The number of amides is 1. The van der Waals surface area contributed by atoms with E-state index in [1.807, 2.05) is 19.2 Å². The van der Waals surface area contributed by atoms with E-state index in [9.17, 15) is 22.4 Å². The number of hydrogen-bond donors (Lipinski definition) is 1. The maximum atomic E-state index is 13.5. The molecular formula is C22H25F4N3O2. The number of hydrogen-bond acceptors (Lipinski definition) is 4. The van der Waals surface area contributed by atoms with Crippen LogP contribution in [0.25, 0.3) is 0 Å². The summed E-state index contributed by atoms with van der Waals surface area (Å²) in [5, 5.41) is 2.65. The van der Waals surface area contributed by atoms with Crippen LogP contribution < -0.4 is 15.0 Å². The van der Waals surface area contributed by atoms with Crippen molar-refractivity contribution in [1.82, 2.24) is 10.3 Å². The fourth-order valence-electron chi connectivity index (χ4n) is 3.94. The van der Waals surface area contributed by atoms with Gasteiger partial charge in [0.15, 0.2) is 11.6 Å². The van der Waals surface area contributed by atoms with E-state index >= 15 is 0 Å². The van der Waals surface area contributed by atoms with Crippen LogP contribution in [0.4, 0.5) is 23.4 Å². The number of nitrogens with zero attached hydrogens (tertiary/aromatic N) is 2. The summed E-state index contributed by atoms with van der Waals surface area (Å²) in [5.41, 5.74) is -1.51. The summed E-state index contributed by atoms with van der Waals surface area (Å²) in [7, 11) is 3.57. The molecule has 5 nitrogen and oxygen atoms in total. The molecule has 2 aromatic rings. The molecule has 31 heavy (non-hydrogen) atoms. The van der Waals surface area contributed by atoms with Crippen molar-refractivity contribution >= 4 is 11.7 Å². The molecule has 1 N–H and O–H groups in total. The maximum Gasteiger partial charge on any atom is 0.416 e. The number of aromatic nitrogens is 1. The van der Waals surface area contributed by atoms with Crippen molar-refractivity contribution in [1.29, 1.82) is 0 Å². The third-order valence-electron chi connectivity index (χ3n) is 5.71. The van der Waals surface area contributed by atoms with Gasteiger partial charge in [0.1, 0.15) is 5.82 Å². The zero-order chi connectivity index (χ0) is 22.6. The van der Waals surface area contributed by atoms with E-state index in [4.69, 9.17) is 4.74 Å². The van der Waals surface area contributed by atoms with Crippen molar-refractivity contribution in [3.05, 3.63) is 53.5 Å². The quantitative estimate of drug-likeness (QED) is 0.665. The molecule has 1 aliphatic rings. The predicted octanol–water partition coefficient (Wildman–Crippen LogP) is 4.67. The van der Waals surface area contributed by atoms with Gasteiger partial charge in [-0.05, 0) is 61.9 Å². The standard InChI is InChI=1S/C22H25F4N3O2/c1-29(20-19(31-2)4-3-9-27-20)18-7-5-14(6-8-18)13-28-21(30)15-10-16(22(24,25)26)12-17(23)11-15/h3-4,9-12,14,18H,5-8,13H2,1-2H3,(H,28,30). The number of benzene rings is 1. The molecule has 1 saturated carbocycles. The van der Waals surface area contributed by atoms with Crippen molar-refractivity contribution in [2.24, 2.45) is 5.92 Å². The lowest BCUT2D eigenvalue weighted by Gasteiger charge is -2.35. The van der Waals surface area contributed by atoms with Gasteiger partial charge in [0.2, 0.25) is 0 Å². The van der Waals surface area contributed by atoms with Gasteiger partial charge >= 0.3 is 6.18 Å². The maximum absolute atomic E-state index is 13.5. The number of halogens is 4. The molecule has 0 radical (unpaired) electrons. The number of nitrogens with one attached hydrogen (secondary N) is 1. The highest BCUT2D eigenvalue weighted by atomic mass is 19.4.